The minimum Gasteiger partial charge on any atom is -0.344 e. The smallest absolute Gasteiger partial charge is 0.344 e. The quantitative estimate of drug-likeness (QED) is 0.283. The van der Waals surface area contributed by atoms with Crippen LogP contribution < -0.4 is 5.32 Å². The summed E-state index contributed by atoms with van der Waals surface area (Å²) in [6.45, 7) is 0. The lowest BCUT2D eigenvalue weighted by molar-refractivity contribution is -0.174. The second kappa shape index (κ2) is 9.66. The van der Waals surface area contributed by atoms with Gasteiger partial charge in [0.1, 0.15) is 5.82 Å². The van der Waals surface area contributed by atoms with Crippen LogP contribution in [0.5, 0.6) is 0 Å². The lowest BCUT2D eigenvalue weighted by atomic mass is 10.1. The van der Waals surface area contributed by atoms with Gasteiger partial charge in [-0.05, 0) is 54.4 Å². The molecule has 1 atom stereocenters. The van der Waals surface area contributed by atoms with Crippen molar-refractivity contribution in [2.45, 2.75) is 23.5 Å². The maximum Gasteiger partial charge on any atom is 0.471 e. The highest BCUT2D eigenvalue weighted by atomic mass is 32.2. The van der Waals surface area contributed by atoms with Gasteiger partial charge >= 0.3 is 12.1 Å². The highest BCUT2D eigenvalue weighted by Gasteiger charge is 2.39. The molecule has 3 aromatic carbocycles. The first kappa shape index (κ1) is 22.8. The van der Waals surface area contributed by atoms with E-state index >= 15 is 0 Å². The Morgan fingerprint density at radius 2 is 1.76 bits per heavy atom. The molecule has 170 valence electrons. The van der Waals surface area contributed by atoms with Crippen LogP contribution in [0.1, 0.15) is 5.56 Å². The number of nitrogens with zero attached hydrogens (tertiary/aromatic N) is 2. The summed E-state index contributed by atoms with van der Waals surface area (Å²) in [6, 6.07) is 19.9. The third-order valence-electron chi connectivity index (χ3n) is 4.98. The first-order valence-electron chi connectivity index (χ1n) is 10.1. The van der Waals surface area contributed by atoms with Crippen molar-refractivity contribution < 1.29 is 22.4 Å². The number of hydrogen-bond donors (Lipinski definition) is 1. The molecular formula is C24H19F4N3OS. The van der Waals surface area contributed by atoms with E-state index in [1.165, 1.54) is 23.9 Å². The van der Waals surface area contributed by atoms with Gasteiger partial charge < -0.3 is 5.32 Å². The van der Waals surface area contributed by atoms with Crippen molar-refractivity contribution in [3.8, 4) is 5.69 Å². The van der Waals surface area contributed by atoms with Crippen LogP contribution in [0.4, 0.5) is 17.6 Å². The molecule has 0 radical (unpaired) electrons. The predicted octanol–water partition coefficient (Wildman–Crippen LogP) is 5.55. The summed E-state index contributed by atoms with van der Waals surface area (Å²) in [6.07, 6.45) is -2.98. The lowest BCUT2D eigenvalue weighted by Crippen LogP contribution is -2.45. The molecule has 0 aliphatic rings. The van der Waals surface area contributed by atoms with Crippen LogP contribution in [-0.4, -0.2) is 33.7 Å². The molecule has 0 fully saturated rings. The summed E-state index contributed by atoms with van der Waals surface area (Å²) >= 11 is 1.35. The fourth-order valence-corrected chi connectivity index (χ4v) is 4.37. The molecule has 1 N–H and O–H groups in total. The van der Waals surface area contributed by atoms with Crippen molar-refractivity contribution in [2.75, 3.05) is 5.75 Å². The first-order chi connectivity index (χ1) is 15.8. The number of carbonyl (C=O) groups is 1. The van der Waals surface area contributed by atoms with Gasteiger partial charge in [-0.2, -0.15) is 18.3 Å². The summed E-state index contributed by atoms with van der Waals surface area (Å²) < 4.78 is 53.3. The van der Waals surface area contributed by atoms with Crippen molar-refractivity contribution in [3.05, 3.63) is 90.4 Å². The molecule has 0 spiro atoms. The molecule has 1 unspecified atom stereocenters. The Hall–Kier alpha value is -3.33. The molecule has 0 aliphatic carbocycles. The number of hydrogen-bond acceptors (Lipinski definition) is 3. The van der Waals surface area contributed by atoms with E-state index in [4.69, 9.17) is 0 Å². The van der Waals surface area contributed by atoms with E-state index in [0.29, 0.717) is 5.69 Å². The van der Waals surface area contributed by atoms with E-state index in [1.807, 2.05) is 36.4 Å². The summed E-state index contributed by atoms with van der Waals surface area (Å²) in [4.78, 5) is 12.4. The fraction of sp³-hybridized carbons (Fsp3) is 0.167. The van der Waals surface area contributed by atoms with Crippen LogP contribution in [0.3, 0.4) is 0 Å². The largest absolute Gasteiger partial charge is 0.471 e. The van der Waals surface area contributed by atoms with Gasteiger partial charge in [0.15, 0.2) is 0 Å². The Labute approximate surface area is 191 Å². The van der Waals surface area contributed by atoms with Gasteiger partial charge in [0.05, 0.1) is 17.4 Å². The standard InChI is InChI=1S/C24H19F4N3OS/c25-18-6-8-20(9-7-18)31-22-11-10-21(13-17(22)14-29-31)33-15-19(30-23(32)24(26,27)28)12-16-4-2-1-3-5-16/h1-11,13-14,19H,12,15H2,(H,30,32). The maximum atomic E-state index is 13.2. The molecule has 33 heavy (non-hydrogen) atoms. The zero-order valence-electron chi connectivity index (χ0n) is 17.2. The van der Waals surface area contributed by atoms with Crippen LogP contribution in [-0.2, 0) is 11.2 Å². The second-order valence-electron chi connectivity index (χ2n) is 7.42. The monoisotopic (exact) mass is 473 g/mol. The van der Waals surface area contributed by atoms with Crippen LogP contribution in [0.25, 0.3) is 16.6 Å². The average molecular weight is 473 g/mol. The number of halogens is 4. The van der Waals surface area contributed by atoms with E-state index in [-0.39, 0.29) is 18.0 Å². The topological polar surface area (TPSA) is 46.9 Å². The molecule has 0 aliphatic heterocycles. The number of aromatic nitrogens is 2. The Kier molecular flexibility index (Phi) is 6.69. The lowest BCUT2D eigenvalue weighted by Gasteiger charge is -2.19. The molecule has 1 aromatic heterocycles. The first-order valence-corrected chi connectivity index (χ1v) is 11.1. The second-order valence-corrected chi connectivity index (χ2v) is 8.52. The molecule has 0 bridgehead atoms. The number of nitrogens with one attached hydrogen (secondary N) is 1. The van der Waals surface area contributed by atoms with Crippen molar-refractivity contribution in [2.24, 2.45) is 0 Å². The summed E-state index contributed by atoms with van der Waals surface area (Å²) in [7, 11) is 0. The molecule has 4 nitrogen and oxygen atoms in total. The normalized spacial score (nSPS) is 12.6. The van der Waals surface area contributed by atoms with Gasteiger partial charge in [-0.3, -0.25) is 4.79 Å². The Morgan fingerprint density at radius 1 is 1.03 bits per heavy atom. The van der Waals surface area contributed by atoms with E-state index in [2.05, 4.69) is 10.4 Å². The summed E-state index contributed by atoms with van der Waals surface area (Å²) in [5.74, 6) is -2.02. The molecule has 0 saturated heterocycles. The minimum absolute atomic E-state index is 0.258. The molecule has 1 heterocycles. The number of amides is 1. The van der Waals surface area contributed by atoms with E-state index < -0.39 is 18.1 Å². The zero-order chi connectivity index (χ0) is 23.4. The number of carbonyl (C=O) groups excluding carboxylic acids is 1. The summed E-state index contributed by atoms with van der Waals surface area (Å²) in [5.41, 5.74) is 2.36. The Bertz CT molecular complexity index is 1240. The van der Waals surface area contributed by atoms with Crippen LogP contribution in [0.15, 0.2) is 83.9 Å². The van der Waals surface area contributed by atoms with Gasteiger partial charge in [0.25, 0.3) is 0 Å². The molecule has 1 amide bonds. The van der Waals surface area contributed by atoms with E-state index in [1.54, 1.807) is 35.1 Å². The SMILES string of the molecule is O=C(NC(CSc1ccc2c(cnn2-c2ccc(F)cc2)c1)Cc1ccccc1)C(F)(F)F. The van der Waals surface area contributed by atoms with Crippen LogP contribution >= 0.6 is 11.8 Å². The fourth-order valence-electron chi connectivity index (χ4n) is 3.40. The van der Waals surface area contributed by atoms with Gasteiger partial charge in [-0.1, -0.05) is 30.3 Å². The Morgan fingerprint density at radius 3 is 2.45 bits per heavy atom. The van der Waals surface area contributed by atoms with Gasteiger partial charge in [0.2, 0.25) is 0 Å². The highest BCUT2D eigenvalue weighted by Crippen LogP contribution is 2.27. The average Bonchev–Trinajstić information content (AvgIpc) is 3.21. The Balaban J connectivity index is 1.50. The van der Waals surface area contributed by atoms with Crippen LogP contribution in [0, 0.1) is 5.82 Å². The number of fused-ring (bicyclic) bond motifs is 1. The number of thioether (sulfide) groups is 1. The minimum atomic E-state index is -4.94. The zero-order valence-corrected chi connectivity index (χ0v) is 18.0. The third-order valence-corrected chi connectivity index (χ3v) is 6.14. The van der Waals surface area contributed by atoms with E-state index in [9.17, 15) is 22.4 Å². The molecule has 4 aromatic rings. The van der Waals surface area contributed by atoms with Crippen LogP contribution in [0.2, 0.25) is 0 Å². The van der Waals surface area contributed by atoms with E-state index in [0.717, 1.165) is 21.4 Å². The van der Waals surface area contributed by atoms with Gasteiger partial charge in [0, 0.05) is 22.1 Å². The number of alkyl halides is 3. The highest BCUT2D eigenvalue weighted by molar-refractivity contribution is 7.99. The molecular weight excluding hydrogens is 454 g/mol. The summed E-state index contributed by atoms with van der Waals surface area (Å²) in [5, 5.41) is 7.30. The molecule has 4 rings (SSSR count). The number of rotatable bonds is 7. The maximum absolute atomic E-state index is 13.2. The van der Waals surface area contributed by atoms with Crippen molar-refractivity contribution >= 4 is 28.6 Å². The molecule has 0 saturated carbocycles. The third kappa shape index (κ3) is 5.73. The van der Waals surface area contributed by atoms with Crippen molar-refractivity contribution in [3.63, 3.8) is 0 Å². The predicted molar refractivity (Wildman–Crippen MR) is 120 cm³/mol. The van der Waals surface area contributed by atoms with Gasteiger partial charge in [-0.25, -0.2) is 9.07 Å². The number of benzene rings is 3. The molecule has 9 heteroatoms. The van der Waals surface area contributed by atoms with Crippen molar-refractivity contribution in [1.29, 1.82) is 0 Å². The van der Waals surface area contributed by atoms with Gasteiger partial charge in [-0.15, -0.1) is 11.8 Å². The van der Waals surface area contributed by atoms with Crippen molar-refractivity contribution in [1.82, 2.24) is 15.1 Å².